The minimum Gasteiger partial charge on any atom is -0.359 e. The maximum atomic E-state index is 6.21. The lowest BCUT2D eigenvalue weighted by Crippen LogP contribution is -2.18. The Morgan fingerprint density at radius 1 is 0.500 bits per heavy atom. The SMILES string of the molecule is c1ccc2c(c1)[C@H]1O[C@@H]2[C@H]2O[C@@H]1c1ccccc12. The highest BCUT2D eigenvalue weighted by Crippen LogP contribution is 2.62. The molecule has 0 spiro atoms. The van der Waals surface area contributed by atoms with E-state index in [1.165, 1.54) is 22.3 Å². The summed E-state index contributed by atoms with van der Waals surface area (Å²) in [6, 6.07) is 17.0. The lowest BCUT2D eigenvalue weighted by Gasteiger charge is -2.28. The van der Waals surface area contributed by atoms with Gasteiger partial charge >= 0.3 is 0 Å². The second-order valence-corrected chi connectivity index (χ2v) is 5.21. The molecular weight excluding hydrogens is 224 g/mol. The average molecular weight is 236 g/mol. The molecule has 2 nitrogen and oxygen atoms in total. The van der Waals surface area contributed by atoms with Crippen LogP contribution >= 0.6 is 0 Å². The van der Waals surface area contributed by atoms with Gasteiger partial charge in [-0.2, -0.15) is 0 Å². The molecule has 0 unspecified atom stereocenters. The summed E-state index contributed by atoms with van der Waals surface area (Å²) in [6.07, 6.45) is 0.300. The van der Waals surface area contributed by atoms with E-state index in [2.05, 4.69) is 48.5 Å². The Morgan fingerprint density at radius 2 is 0.778 bits per heavy atom. The minimum atomic E-state index is 0.0751. The van der Waals surface area contributed by atoms with Crippen molar-refractivity contribution in [1.82, 2.24) is 0 Å². The van der Waals surface area contributed by atoms with Crippen LogP contribution in [0, 0.1) is 0 Å². The molecule has 0 radical (unpaired) electrons. The molecule has 2 aromatic carbocycles. The van der Waals surface area contributed by atoms with Gasteiger partial charge in [-0.15, -0.1) is 0 Å². The summed E-state index contributed by atoms with van der Waals surface area (Å²) in [6.45, 7) is 0. The average Bonchev–Trinajstić information content (AvgIpc) is 2.91. The van der Waals surface area contributed by atoms with Crippen molar-refractivity contribution < 1.29 is 9.47 Å². The maximum Gasteiger partial charge on any atom is 0.114 e. The highest BCUT2D eigenvalue weighted by molar-refractivity contribution is 5.47. The van der Waals surface area contributed by atoms with Crippen LogP contribution in [-0.2, 0) is 9.47 Å². The third-order valence-corrected chi connectivity index (χ3v) is 4.35. The minimum absolute atomic E-state index is 0.0751. The fourth-order valence-electron chi connectivity index (χ4n) is 3.61. The van der Waals surface area contributed by atoms with Crippen LogP contribution in [0.15, 0.2) is 48.5 Å². The van der Waals surface area contributed by atoms with Crippen LogP contribution in [0.5, 0.6) is 0 Å². The molecule has 0 saturated heterocycles. The summed E-state index contributed by atoms with van der Waals surface area (Å²) in [5.74, 6) is 0. The van der Waals surface area contributed by atoms with E-state index in [4.69, 9.17) is 9.47 Å². The van der Waals surface area contributed by atoms with E-state index in [1.807, 2.05) is 0 Å². The topological polar surface area (TPSA) is 18.5 Å². The van der Waals surface area contributed by atoms with Gasteiger partial charge in [-0.25, -0.2) is 0 Å². The van der Waals surface area contributed by atoms with E-state index < -0.39 is 0 Å². The monoisotopic (exact) mass is 236 g/mol. The van der Waals surface area contributed by atoms with Crippen molar-refractivity contribution in [3.8, 4) is 0 Å². The Morgan fingerprint density at radius 3 is 1.06 bits per heavy atom. The zero-order valence-corrected chi connectivity index (χ0v) is 9.74. The highest BCUT2D eigenvalue weighted by atomic mass is 16.6. The van der Waals surface area contributed by atoms with Crippen LogP contribution in [0.1, 0.15) is 46.7 Å². The van der Waals surface area contributed by atoms with Crippen LogP contribution < -0.4 is 0 Å². The number of fused-ring (bicyclic) bond motifs is 2. The predicted molar refractivity (Wildman–Crippen MR) is 66.0 cm³/mol. The van der Waals surface area contributed by atoms with Gasteiger partial charge in [-0.3, -0.25) is 0 Å². The Hall–Kier alpha value is -1.64. The fourth-order valence-corrected chi connectivity index (χ4v) is 3.61. The molecule has 2 aromatic rings. The number of benzene rings is 2. The zero-order chi connectivity index (χ0) is 11.7. The summed E-state index contributed by atoms with van der Waals surface area (Å²) in [5, 5.41) is 0. The van der Waals surface area contributed by atoms with Crippen molar-refractivity contribution in [1.29, 1.82) is 0 Å². The molecule has 1 aliphatic carbocycles. The van der Waals surface area contributed by atoms with Gasteiger partial charge in [-0.05, 0) is 22.3 Å². The molecule has 18 heavy (non-hydrogen) atoms. The normalized spacial score (nSPS) is 34.2. The first-order valence-electron chi connectivity index (χ1n) is 6.42. The van der Waals surface area contributed by atoms with Crippen molar-refractivity contribution in [2.24, 2.45) is 0 Å². The maximum absolute atomic E-state index is 6.21. The van der Waals surface area contributed by atoms with Crippen molar-refractivity contribution in [2.45, 2.75) is 24.4 Å². The quantitative estimate of drug-likeness (QED) is 0.695. The van der Waals surface area contributed by atoms with Gasteiger partial charge in [0.05, 0.1) is 0 Å². The second-order valence-electron chi connectivity index (χ2n) is 5.21. The summed E-state index contributed by atoms with van der Waals surface area (Å²) in [5.41, 5.74) is 5.24. The van der Waals surface area contributed by atoms with E-state index in [0.29, 0.717) is 0 Å². The molecule has 0 aromatic heterocycles. The summed E-state index contributed by atoms with van der Waals surface area (Å²) in [7, 11) is 0. The van der Waals surface area contributed by atoms with E-state index >= 15 is 0 Å². The number of ether oxygens (including phenoxy) is 2. The number of rotatable bonds is 0. The second kappa shape index (κ2) is 3.02. The van der Waals surface area contributed by atoms with Crippen molar-refractivity contribution in [2.75, 3.05) is 0 Å². The van der Waals surface area contributed by atoms with Gasteiger partial charge in [0.2, 0.25) is 0 Å². The van der Waals surface area contributed by atoms with Crippen LogP contribution in [0.2, 0.25) is 0 Å². The third-order valence-electron chi connectivity index (χ3n) is 4.35. The van der Waals surface area contributed by atoms with Gasteiger partial charge in [0.25, 0.3) is 0 Å². The van der Waals surface area contributed by atoms with E-state index in [0.717, 1.165) is 0 Å². The van der Waals surface area contributed by atoms with Crippen molar-refractivity contribution >= 4 is 0 Å². The van der Waals surface area contributed by atoms with E-state index in [-0.39, 0.29) is 24.4 Å². The first-order valence-corrected chi connectivity index (χ1v) is 6.42. The number of hydrogen-bond donors (Lipinski definition) is 0. The van der Waals surface area contributed by atoms with Crippen LogP contribution in [0.25, 0.3) is 0 Å². The standard InChI is InChI=1S/C16H12O2/c1-2-6-10-9(5-1)13-15-11-7-3-4-8-12(11)16(18-15)14(10)17-13/h1-8,13-16H/t13-,14+,15-,16+. The highest BCUT2D eigenvalue weighted by Gasteiger charge is 2.53. The first kappa shape index (κ1) is 9.31. The Labute approximate surface area is 105 Å². The summed E-state index contributed by atoms with van der Waals surface area (Å²) in [4.78, 5) is 0. The van der Waals surface area contributed by atoms with Gasteiger partial charge < -0.3 is 9.47 Å². The van der Waals surface area contributed by atoms with Crippen molar-refractivity contribution in [3.63, 3.8) is 0 Å². The van der Waals surface area contributed by atoms with Crippen molar-refractivity contribution in [3.05, 3.63) is 70.8 Å². The fraction of sp³-hybridized carbons (Fsp3) is 0.250. The first-order chi connectivity index (χ1) is 8.93. The molecule has 4 atom stereocenters. The van der Waals surface area contributed by atoms with Gasteiger partial charge in [0.15, 0.2) is 0 Å². The lowest BCUT2D eigenvalue weighted by atomic mass is 9.89. The number of hydrogen-bond acceptors (Lipinski definition) is 2. The van der Waals surface area contributed by atoms with Gasteiger partial charge in [0, 0.05) is 0 Å². The molecule has 3 aliphatic rings. The molecule has 4 bridgehead atoms. The largest absolute Gasteiger partial charge is 0.359 e. The molecule has 2 aliphatic heterocycles. The molecule has 88 valence electrons. The molecule has 0 N–H and O–H groups in total. The van der Waals surface area contributed by atoms with E-state index in [9.17, 15) is 0 Å². The molecule has 2 heteroatoms. The molecule has 0 saturated carbocycles. The van der Waals surface area contributed by atoms with E-state index in [1.54, 1.807) is 0 Å². The Kier molecular flexibility index (Phi) is 1.56. The molecule has 0 fully saturated rings. The van der Waals surface area contributed by atoms with Crippen LogP contribution in [0.4, 0.5) is 0 Å². The predicted octanol–water partition coefficient (Wildman–Crippen LogP) is 3.63. The smallest absolute Gasteiger partial charge is 0.114 e. The zero-order valence-electron chi connectivity index (χ0n) is 9.74. The lowest BCUT2D eigenvalue weighted by molar-refractivity contribution is -0.201. The van der Waals surface area contributed by atoms with Crippen LogP contribution in [-0.4, -0.2) is 0 Å². The molecular formula is C16H12O2. The Balaban J connectivity index is 1.78. The molecule has 5 rings (SSSR count). The van der Waals surface area contributed by atoms with Gasteiger partial charge in [0.1, 0.15) is 24.4 Å². The summed E-state index contributed by atoms with van der Waals surface area (Å²) >= 11 is 0. The van der Waals surface area contributed by atoms with Crippen LogP contribution in [0.3, 0.4) is 0 Å². The summed E-state index contributed by atoms with van der Waals surface area (Å²) < 4.78 is 12.4. The molecule has 0 amide bonds. The molecule has 2 heterocycles. The van der Waals surface area contributed by atoms with Gasteiger partial charge in [-0.1, -0.05) is 48.5 Å². The Bertz CT molecular complexity index is 538. The third kappa shape index (κ3) is 0.935.